The number of nitrogens with zero attached hydrogens (tertiary/aromatic N) is 1. The maximum absolute atomic E-state index is 3.51. The zero-order chi connectivity index (χ0) is 13.5. The third-order valence-corrected chi connectivity index (χ3v) is 4.67. The predicted octanol–water partition coefficient (Wildman–Crippen LogP) is 3.23. The number of thioether (sulfide) groups is 1. The summed E-state index contributed by atoms with van der Waals surface area (Å²) in [6.45, 7) is 8.13. The molecule has 1 atom stereocenters. The highest BCUT2D eigenvalue weighted by Gasteiger charge is 2.16. The Kier molecular flexibility index (Phi) is 6.21. The molecule has 2 rings (SSSR count). The van der Waals surface area contributed by atoms with Crippen LogP contribution in [0.5, 0.6) is 0 Å². The van der Waals surface area contributed by atoms with Crippen LogP contribution in [0.4, 0.5) is 0 Å². The first kappa shape index (κ1) is 14.9. The van der Waals surface area contributed by atoms with Crippen LogP contribution in [-0.2, 0) is 6.54 Å². The monoisotopic (exact) mass is 278 g/mol. The van der Waals surface area contributed by atoms with E-state index in [9.17, 15) is 0 Å². The zero-order valence-corrected chi connectivity index (χ0v) is 13.0. The molecule has 0 aromatic heterocycles. The molecule has 0 bridgehead atoms. The van der Waals surface area contributed by atoms with E-state index < -0.39 is 0 Å². The molecule has 3 heteroatoms. The lowest BCUT2D eigenvalue weighted by Gasteiger charge is -2.29. The Morgan fingerprint density at radius 1 is 1.32 bits per heavy atom. The molecule has 106 valence electrons. The summed E-state index contributed by atoms with van der Waals surface area (Å²) in [6, 6.07) is 9.01. The Bertz CT molecular complexity index is 358. The molecule has 1 heterocycles. The van der Waals surface area contributed by atoms with Crippen molar-refractivity contribution in [3.05, 3.63) is 29.8 Å². The van der Waals surface area contributed by atoms with E-state index in [4.69, 9.17) is 0 Å². The Balaban J connectivity index is 1.86. The summed E-state index contributed by atoms with van der Waals surface area (Å²) in [6.07, 6.45) is 4.85. The van der Waals surface area contributed by atoms with Crippen LogP contribution in [0.2, 0.25) is 0 Å². The van der Waals surface area contributed by atoms with Gasteiger partial charge in [-0.25, -0.2) is 0 Å². The predicted molar refractivity (Wildman–Crippen MR) is 84.8 cm³/mol. The highest BCUT2D eigenvalue weighted by atomic mass is 32.2. The first-order chi connectivity index (χ1) is 9.31. The average Bonchev–Trinajstić information content (AvgIpc) is 2.48. The van der Waals surface area contributed by atoms with E-state index in [1.165, 1.54) is 42.9 Å². The molecule has 0 saturated carbocycles. The second kappa shape index (κ2) is 7.93. The largest absolute Gasteiger partial charge is 0.316 e. The fourth-order valence-electron chi connectivity index (χ4n) is 2.74. The van der Waals surface area contributed by atoms with Crippen LogP contribution in [0.1, 0.15) is 25.3 Å². The van der Waals surface area contributed by atoms with Gasteiger partial charge in [0.1, 0.15) is 0 Å². The van der Waals surface area contributed by atoms with Gasteiger partial charge in [-0.15, -0.1) is 11.8 Å². The number of hydrogen-bond acceptors (Lipinski definition) is 3. The molecule has 1 N–H and O–H groups in total. The molecule has 0 radical (unpaired) electrons. The lowest BCUT2D eigenvalue weighted by Crippen LogP contribution is -2.38. The van der Waals surface area contributed by atoms with Gasteiger partial charge in [0.2, 0.25) is 0 Å². The third-order valence-electron chi connectivity index (χ3n) is 3.93. The fraction of sp³-hybridized carbons (Fsp3) is 0.625. The molecule has 1 fully saturated rings. The van der Waals surface area contributed by atoms with Crippen molar-refractivity contribution in [3.63, 3.8) is 0 Å². The molecule has 1 unspecified atom stereocenters. The minimum Gasteiger partial charge on any atom is -0.316 e. The van der Waals surface area contributed by atoms with Gasteiger partial charge in [-0.1, -0.05) is 19.1 Å². The highest BCUT2D eigenvalue weighted by molar-refractivity contribution is 7.98. The van der Waals surface area contributed by atoms with Crippen LogP contribution < -0.4 is 5.32 Å². The molecular weight excluding hydrogens is 252 g/mol. The summed E-state index contributed by atoms with van der Waals surface area (Å²) in [5.74, 6) is 0.833. The Labute approximate surface area is 122 Å². The van der Waals surface area contributed by atoms with Crippen LogP contribution in [0.15, 0.2) is 29.2 Å². The van der Waals surface area contributed by atoms with Crippen molar-refractivity contribution in [2.45, 2.75) is 31.2 Å². The van der Waals surface area contributed by atoms with E-state index >= 15 is 0 Å². The third kappa shape index (κ3) is 4.83. The fourth-order valence-corrected chi connectivity index (χ4v) is 3.15. The zero-order valence-electron chi connectivity index (χ0n) is 12.2. The minimum atomic E-state index is 0.833. The summed E-state index contributed by atoms with van der Waals surface area (Å²) < 4.78 is 0. The number of nitrogens with one attached hydrogen (secondary N) is 1. The number of piperidine rings is 1. The molecule has 1 aromatic rings. The topological polar surface area (TPSA) is 15.3 Å². The first-order valence-electron chi connectivity index (χ1n) is 7.37. The van der Waals surface area contributed by atoms with Crippen molar-refractivity contribution >= 4 is 11.8 Å². The maximum Gasteiger partial charge on any atom is 0.0233 e. The standard InChI is InChI=1S/C16H26N2S/c1-3-18(13-15-5-4-10-17-11-15)12-14-6-8-16(19-2)9-7-14/h6-9,15,17H,3-5,10-13H2,1-2H3. The van der Waals surface area contributed by atoms with E-state index in [-0.39, 0.29) is 0 Å². The maximum atomic E-state index is 3.51. The summed E-state index contributed by atoms with van der Waals surface area (Å²) in [7, 11) is 0. The Morgan fingerprint density at radius 3 is 2.68 bits per heavy atom. The van der Waals surface area contributed by atoms with E-state index in [0.717, 1.165) is 19.0 Å². The summed E-state index contributed by atoms with van der Waals surface area (Å²) in [5.41, 5.74) is 1.43. The van der Waals surface area contributed by atoms with Crippen molar-refractivity contribution in [3.8, 4) is 0 Å². The van der Waals surface area contributed by atoms with Gasteiger partial charge in [0.05, 0.1) is 0 Å². The van der Waals surface area contributed by atoms with Crippen LogP contribution in [0.3, 0.4) is 0 Å². The highest BCUT2D eigenvalue weighted by Crippen LogP contribution is 2.17. The molecule has 2 nitrogen and oxygen atoms in total. The van der Waals surface area contributed by atoms with Gasteiger partial charge in [-0.2, -0.15) is 0 Å². The molecule has 1 aliphatic rings. The van der Waals surface area contributed by atoms with Crippen LogP contribution in [0.25, 0.3) is 0 Å². The smallest absolute Gasteiger partial charge is 0.0233 e. The molecular formula is C16H26N2S. The van der Waals surface area contributed by atoms with Gasteiger partial charge in [0.25, 0.3) is 0 Å². The van der Waals surface area contributed by atoms with Gasteiger partial charge in [-0.3, -0.25) is 4.90 Å². The van der Waals surface area contributed by atoms with Crippen LogP contribution in [0, 0.1) is 5.92 Å². The second-order valence-corrected chi connectivity index (χ2v) is 6.27. The minimum absolute atomic E-state index is 0.833. The number of benzene rings is 1. The molecule has 0 spiro atoms. The lowest BCUT2D eigenvalue weighted by molar-refractivity contribution is 0.209. The summed E-state index contributed by atoms with van der Waals surface area (Å²) >= 11 is 1.81. The average molecular weight is 278 g/mol. The van der Waals surface area contributed by atoms with Crippen molar-refractivity contribution in [1.82, 2.24) is 10.2 Å². The Hall–Kier alpha value is -0.510. The van der Waals surface area contributed by atoms with Crippen LogP contribution in [-0.4, -0.2) is 37.3 Å². The van der Waals surface area contributed by atoms with Gasteiger partial charge in [0, 0.05) is 18.0 Å². The second-order valence-electron chi connectivity index (χ2n) is 5.39. The van der Waals surface area contributed by atoms with E-state index in [0.29, 0.717) is 0 Å². The van der Waals surface area contributed by atoms with E-state index in [1.54, 1.807) is 0 Å². The van der Waals surface area contributed by atoms with Gasteiger partial charge in [0.15, 0.2) is 0 Å². The van der Waals surface area contributed by atoms with Gasteiger partial charge in [-0.05, 0) is 62.3 Å². The summed E-state index contributed by atoms with van der Waals surface area (Å²) in [5, 5.41) is 3.51. The first-order valence-corrected chi connectivity index (χ1v) is 8.60. The normalized spacial score (nSPS) is 19.8. The van der Waals surface area contributed by atoms with Crippen molar-refractivity contribution in [1.29, 1.82) is 0 Å². The lowest BCUT2D eigenvalue weighted by atomic mass is 9.99. The Morgan fingerprint density at radius 2 is 2.11 bits per heavy atom. The number of hydrogen-bond donors (Lipinski definition) is 1. The van der Waals surface area contributed by atoms with Crippen molar-refractivity contribution < 1.29 is 0 Å². The SMILES string of the molecule is CCN(Cc1ccc(SC)cc1)CC1CCCNC1. The molecule has 1 aromatic carbocycles. The van der Waals surface area contributed by atoms with E-state index in [1.807, 2.05) is 11.8 Å². The molecule has 1 aliphatic heterocycles. The van der Waals surface area contributed by atoms with Gasteiger partial charge < -0.3 is 5.32 Å². The number of rotatable bonds is 6. The van der Waals surface area contributed by atoms with Crippen LogP contribution >= 0.6 is 11.8 Å². The molecule has 1 saturated heterocycles. The van der Waals surface area contributed by atoms with E-state index in [2.05, 4.69) is 47.7 Å². The summed E-state index contributed by atoms with van der Waals surface area (Å²) in [4.78, 5) is 3.93. The van der Waals surface area contributed by atoms with Crippen molar-refractivity contribution in [2.75, 3.05) is 32.4 Å². The molecule has 19 heavy (non-hydrogen) atoms. The quantitative estimate of drug-likeness (QED) is 0.804. The molecule has 0 aliphatic carbocycles. The van der Waals surface area contributed by atoms with Crippen molar-refractivity contribution in [2.24, 2.45) is 5.92 Å². The molecule has 0 amide bonds. The van der Waals surface area contributed by atoms with Gasteiger partial charge >= 0.3 is 0 Å².